The van der Waals surface area contributed by atoms with Gasteiger partial charge < -0.3 is 66.3 Å². The number of benzene rings is 7. The van der Waals surface area contributed by atoms with E-state index in [0.717, 1.165) is 38.9 Å². The monoisotopic (exact) mass is 1250 g/mol. The second kappa shape index (κ2) is 36.2. The van der Waals surface area contributed by atoms with E-state index >= 15 is 0 Å². The molecule has 0 aliphatic carbocycles. The molecule has 15 heteroatoms. The van der Waals surface area contributed by atoms with Crippen LogP contribution in [-0.4, -0.2) is 52.9 Å². The fourth-order valence-electron chi connectivity index (χ4n) is 8.40. The largest absolute Gasteiger partial charge is 0.489 e. The Bertz CT molecular complexity index is 2930. The SMILES string of the molecule is C=CCOc1cc(COc2cc(COc3cc(CBr)cc(OCc4cc(OCc5cc(OCC=C)cc(OCC=C)c5)cc(OCc5cc(OCC=C)cc(OCC=C)c5)c4)c3)cc(OCc3cc(OCC=C)cc(OCC=C)c3)c2)cc(OCC=C)c1. The van der Waals surface area contributed by atoms with E-state index < -0.39 is 0 Å². The average Bonchev–Trinajstić information content (AvgIpc) is 3.74. The van der Waals surface area contributed by atoms with E-state index in [1.165, 1.54) is 0 Å². The number of ether oxygens (including phenoxy) is 14. The minimum Gasteiger partial charge on any atom is -0.489 e. The average molecular weight is 1260 g/mol. The first kappa shape index (κ1) is 65.7. The highest BCUT2D eigenvalue weighted by Gasteiger charge is 2.14. The Balaban J connectivity index is 1.14. The summed E-state index contributed by atoms with van der Waals surface area (Å²) >= 11 is 3.66. The molecule has 14 nitrogen and oxygen atoms in total. The highest BCUT2D eigenvalue weighted by atomic mass is 79.9. The van der Waals surface area contributed by atoms with Crippen molar-refractivity contribution in [2.75, 3.05) is 52.9 Å². The van der Waals surface area contributed by atoms with E-state index in [9.17, 15) is 0 Å². The first-order valence-electron chi connectivity index (χ1n) is 28.3. The third-order valence-electron chi connectivity index (χ3n) is 12.1. The van der Waals surface area contributed by atoms with Crippen molar-refractivity contribution in [2.24, 2.45) is 0 Å². The van der Waals surface area contributed by atoms with E-state index in [4.69, 9.17) is 66.3 Å². The van der Waals surface area contributed by atoms with Gasteiger partial charge >= 0.3 is 0 Å². The van der Waals surface area contributed by atoms with Crippen LogP contribution in [-0.2, 0) is 45.0 Å². The molecule has 0 aliphatic rings. The van der Waals surface area contributed by atoms with E-state index in [1.807, 2.05) is 127 Å². The van der Waals surface area contributed by atoms with Crippen LogP contribution in [0.15, 0.2) is 229 Å². The van der Waals surface area contributed by atoms with Gasteiger partial charge in [0, 0.05) is 47.8 Å². The van der Waals surface area contributed by atoms with Crippen molar-refractivity contribution in [3.05, 3.63) is 268 Å². The minimum absolute atomic E-state index is 0.143. The van der Waals surface area contributed by atoms with Crippen molar-refractivity contribution in [3.63, 3.8) is 0 Å². The lowest BCUT2D eigenvalue weighted by atomic mass is 10.1. The lowest BCUT2D eigenvalue weighted by Crippen LogP contribution is -2.04. The smallest absolute Gasteiger partial charge is 0.123 e. The van der Waals surface area contributed by atoms with Crippen LogP contribution in [0.4, 0.5) is 0 Å². The van der Waals surface area contributed by atoms with Gasteiger partial charge in [-0.05, 0) is 124 Å². The summed E-state index contributed by atoms with van der Waals surface area (Å²) in [5, 5.41) is 0.532. The van der Waals surface area contributed by atoms with E-state index in [2.05, 4.69) is 68.6 Å². The molecule has 7 rings (SSSR count). The zero-order valence-electron chi connectivity index (χ0n) is 49.6. The summed E-state index contributed by atoms with van der Waals surface area (Å²) in [6.45, 7) is 33.9. The predicted molar refractivity (Wildman–Crippen MR) is 349 cm³/mol. The molecule has 0 atom stereocenters. The molecule has 7 aromatic carbocycles. The van der Waals surface area contributed by atoms with Crippen LogP contribution >= 0.6 is 15.9 Å². The normalized spacial score (nSPS) is 10.5. The maximum absolute atomic E-state index is 6.58. The summed E-state index contributed by atoms with van der Waals surface area (Å²) < 4.78 is 86.3. The summed E-state index contributed by atoms with van der Waals surface area (Å²) in [6, 6.07) is 39.5. The number of hydrogen-bond acceptors (Lipinski definition) is 14. The van der Waals surface area contributed by atoms with Crippen molar-refractivity contribution in [3.8, 4) is 80.5 Å². The molecule has 7 aromatic rings. The second-order valence-electron chi connectivity index (χ2n) is 19.4. The Hall–Kier alpha value is -9.86. The van der Waals surface area contributed by atoms with Crippen LogP contribution in [0.1, 0.15) is 38.9 Å². The first-order valence-corrected chi connectivity index (χ1v) is 29.4. The van der Waals surface area contributed by atoms with Gasteiger partial charge in [-0.3, -0.25) is 0 Å². The van der Waals surface area contributed by atoms with Crippen LogP contribution in [0.5, 0.6) is 80.5 Å². The fraction of sp³-hybridized carbons (Fsp3) is 0.205. The summed E-state index contributed by atoms with van der Waals surface area (Å²) in [7, 11) is 0. The van der Waals surface area contributed by atoms with Gasteiger partial charge in [0.15, 0.2) is 0 Å². The summed E-state index contributed by atoms with van der Waals surface area (Å²) in [5.41, 5.74) is 5.73. The molecular weight excluding hydrogens is 1180 g/mol. The topological polar surface area (TPSA) is 129 Å². The highest BCUT2D eigenvalue weighted by Crippen LogP contribution is 2.34. The molecule has 0 saturated heterocycles. The Morgan fingerprint density at radius 1 is 0.193 bits per heavy atom. The summed E-state index contributed by atoms with van der Waals surface area (Å²) in [6.07, 6.45) is 13.5. The molecule has 0 aromatic heterocycles. The molecule has 0 unspecified atom stereocenters. The quantitative estimate of drug-likeness (QED) is 0.0265. The van der Waals surface area contributed by atoms with Crippen LogP contribution in [0.25, 0.3) is 0 Å². The van der Waals surface area contributed by atoms with E-state index in [0.29, 0.717) is 139 Å². The van der Waals surface area contributed by atoms with Crippen molar-refractivity contribution >= 4 is 15.9 Å². The summed E-state index contributed by atoms with van der Waals surface area (Å²) in [4.78, 5) is 0. The molecule has 0 heterocycles. The number of hydrogen-bond donors (Lipinski definition) is 0. The lowest BCUT2D eigenvalue weighted by Gasteiger charge is -2.16. The van der Waals surface area contributed by atoms with Gasteiger partial charge in [-0.15, -0.1) is 0 Å². The Morgan fingerprint density at radius 3 is 0.443 bits per heavy atom. The number of halogens is 1. The maximum Gasteiger partial charge on any atom is 0.123 e. The molecule has 0 N–H and O–H groups in total. The zero-order valence-corrected chi connectivity index (χ0v) is 51.2. The minimum atomic E-state index is 0.143. The van der Waals surface area contributed by atoms with E-state index in [-0.39, 0.29) is 39.6 Å². The van der Waals surface area contributed by atoms with Crippen molar-refractivity contribution in [2.45, 2.75) is 45.0 Å². The van der Waals surface area contributed by atoms with Gasteiger partial charge in [-0.1, -0.05) is 117 Å². The van der Waals surface area contributed by atoms with Gasteiger partial charge in [0.1, 0.15) is 173 Å². The molecule has 458 valence electrons. The van der Waals surface area contributed by atoms with Gasteiger partial charge in [0.05, 0.1) is 0 Å². The maximum atomic E-state index is 6.58. The third-order valence-corrected chi connectivity index (χ3v) is 12.8. The molecule has 0 spiro atoms. The van der Waals surface area contributed by atoms with Crippen molar-refractivity contribution < 1.29 is 66.3 Å². The molecule has 0 amide bonds. The fourth-order valence-corrected chi connectivity index (χ4v) is 8.72. The Morgan fingerprint density at radius 2 is 0.318 bits per heavy atom. The molecule has 88 heavy (non-hydrogen) atoms. The highest BCUT2D eigenvalue weighted by molar-refractivity contribution is 9.08. The van der Waals surface area contributed by atoms with Crippen molar-refractivity contribution in [1.29, 1.82) is 0 Å². The summed E-state index contributed by atoms with van der Waals surface area (Å²) in [5.74, 6) is 8.18. The second-order valence-corrected chi connectivity index (χ2v) is 19.9. The van der Waals surface area contributed by atoms with Crippen LogP contribution in [0, 0.1) is 0 Å². The molecule has 0 bridgehead atoms. The molecule has 0 radical (unpaired) electrons. The van der Waals surface area contributed by atoms with Crippen molar-refractivity contribution in [1.82, 2.24) is 0 Å². The Kier molecular flexibility index (Phi) is 27.0. The Labute approximate surface area is 525 Å². The zero-order chi connectivity index (χ0) is 62.1. The standard InChI is InChI=1S/C73H75BrO14/c1-9-17-75-60-27-54(28-61(39-60)76-18-10-2)47-85-70-35-58(36-71(44-70)86-48-55-29-62(77-19-11-3)40-63(30-55)78-20-12-4)51-83-68-25-53(46-74)26-69(43-68)84-52-59-37-72(87-49-56-31-64(79-21-13-5)41-65(32-56)80-22-14-6)45-73(38-59)88-50-57-33-66(81-23-15-7)42-67(34-57)82-24-16-8/h9-16,25-45H,1-8,17-24,46-52H2. The molecular formula is C73H75BrO14. The number of rotatable bonds is 43. The molecule has 0 aliphatic heterocycles. The molecule has 0 saturated carbocycles. The lowest BCUT2D eigenvalue weighted by molar-refractivity contribution is 0.274. The van der Waals surface area contributed by atoms with Crippen LogP contribution in [0.2, 0.25) is 0 Å². The van der Waals surface area contributed by atoms with E-state index in [1.54, 1.807) is 48.6 Å². The number of alkyl halides is 1. The van der Waals surface area contributed by atoms with Gasteiger partial charge in [-0.25, -0.2) is 0 Å². The van der Waals surface area contributed by atoms with Crippen LogP contribution in [0.3, 0.4) is 0 Å². The van der Waals surface area contributed by atoms with Gasteiger partial charge in [-0.2, -0.15) is 0 Å². The predicted octanol–water partition coefficient (Wildman–Crippen LogP) is 16.6. The van der Waals surface area contributed by atoms with Gasteiger partial charge in [0.25, 0.3) is 0 Å². The third kappa shape index (κ3) is 22.5. The van der Waals surface area contributed by atoms with Crippen LogP contribution < -0.4 is 66.3 Å². The molecule has 0 fully saturated rings. The first-order chi connectivity index (χ1) is 43.1. The van der Waals surface area contributed by atoms with Gasteiger partial charge in [0.2, 0.25) is 0 Å².